The summed E-state index contributed by atoms with van der Waals surface area (Å²) in [6.45, 7) is 2.44. The van der Waals surface area contributed by atoms with Crippen molar-refractivity contribution in [2.24, 2.45) is 0 Å². The van der Waals surface area contributed by atoms with E-state index in [1.54, 1.807) is 0 Å². The maximum atomic E-state index is 12.2. The van der Waals surface area contributed by atoms with E-state index >= 15 is 0 Å². The van der Waals surface area contributed by atoms with Crippen LogP contribution in [0, 0.1) is 6.92 Å². The minimum absolute atomic E-state index is 0.0383. The molecule has 1 saturated heterocycles. The Kier molecular flexibility index (Phi) is 4.38. The fourth-order valence-corrected chi connectivity index (χ4v) is 3.28. The summed E-state index contributed by atoms with van der Waals surface area (Å²) >= 11 is 1.49. The number of aryl methyl sites for hydroxylation is 1. The van der Waals surface area contributed by atoms with E-state index in [-0.39, 0.29) is 18.0 Å². The van der Waals surface area contributed by atoms with Crippen LogP contribution in [-0.2, 0) is 4.79 Å². The number of nitrogens with zero attached hydrogens (tertiary/aromatic N) is 1. The zero-order valence-corrected chi connectivity index (χ0v) is 13.8. The number of urea groups is 1. The lowest BCUT2D eigenvalue weighted by Gasteiger charge is -2.16. The first kappa shape index (κ1) is 15.6. The average Bonchev–Trinajstić information content (AvgIpc) is 2.94. The predicted octanol–water partition coefficient (Wildman–Crippen LogP) is 2.28. The molecule has 3 N–H and O–H groups in total. The summed E-state index contributed by atoms with van der Waals surface area (Å²) in [5.41, 5.74) is 2.60. The van der Waals surface area contributed by atoms with Gasteiger partial charge in [-0.05, 0) is 24.8 Å². The van der Waals surface area contributed by atoms with E-state index in [1.165, 1.54) is 11.8 Å². The Bertz CT molecular complexity index is 778. The van der Waals surface area contributed by atoms with E-state index in [4.69, 9.17) is 0 Å². The lowest BCUT2D eigenvalue weighted by atomic mass is 10.1. The van der Waals surface area contributed by atoms with Crippen LogP contribution >= 0.6 is 11.8 Å². The van der Waals surface area contributed by atoms with Gasteiger partial charge >= 0.3 is 6.03 Å². The first-order chi connectivity index (χ1) is 11.1. The van der Waals surface area contributed by atoms with Crippen molar-refractivity contribution in [1.82, 2.24) is 15.6 Å². The van der Waals surface area contributed by atoms with Gasteiger partial charge < -0.3 is 16.0 Å². The second-order valence-electron chi connectivity index (χ2n) is 5.44. The number of rotatable bonds is 3. The molecule has 120 valence electrons. The number of aromatic nitrogens is 1. The third-order valence-corrected chi connectivity index (χ3v) is 4.55. The molecule has 2 aromatic rings. The zero-order valence-electron chi connectivity index (χ0n) is 13.0. The highest BCUT2D eigenvalue weighted by atomic mass is 32.2. The quantitative estimate of drug-likeness (QED) is 0.754. The number of carbonyl (C=O) groups excluding carboxylic acids is 2. The molecule has 0 bridgehead atoms. The third-order valence-electron chi connectivity index (χ3n) is 3.86. The number of carbonyl (C=O) groups is 2. The van der Waals surface area contributed by atoms with Gasteiger partial charge in [-0.1, -0.05) is 18.2 Å². The topological polar surface area (TPSA) is 83.1 Å². The van der Waals surface area contributed by atoms with Crippen molar-refractivity contribution in [2.45, 2.75) is 24.4 Å². The summed E-state index contributed by atoms with van der Waals surface area (Å²) in [5, 5.41) is 10.2. The number of benzene rings is 1. The van der Waals surface area contributed by atoms with Crippen LogP contribution in [0.2, 0.25) is 0 Å². The van der Waals surface area contributed by atoms with Gasteiger partial charge in [0.1, 0.15) is 5.03 Å². The van der Waals surface area contributed by atoms with E-state index in [9.17, 15) is 9.59 Å². The first-order valence-electron chi connectivity index (χ1n) is 7.36. The van der Waals surface area contributed by atoms with E-state index in [2.05, 4.69) is 20.9 Å². The Balaban J connectivity index is 1.85. The van der Waals surface area contributed by atoms with E-state index in [1.807, 2.05) is 37.4 Å². The van der Waals surface area contributed by atoms with Crippen molar-refractivity contribution in [2.75, 3.05) is 18.1 Å². The van der Waals surface area contributed by atoms with Crippen LogP contribution in [0.5, 0.6) is 0 Å². The largest absolute Gasteiger partial charge is 0.354 e. The van der Waals surface area contributed by atoms with Crippen molar-refractivity contribution < 1.29 is 9.59 Å². The summed E-state index contributed by atoms with van der Waals surface area (Å²) in [6.07, 6.45) is 2.25. The number of pyridine rings is 1. The van der Waals surface area contributed by atoms with Crippen molar-refractivity contribution in [3.05, 3.63) is 29.8 Å². The maximum Gasteiger partial charge on any atom is 0.319 e. The molecule has 1 atom stereocenters. The van der Waals surface area contributed by atoms with E-state index in [0.717, 1.165) is 21.5 Å². The second kappa shape index (κ2) is 6.45. The van der Waals surface area contributed by atoms with Gasteiger partial charge in [0.15, 0.2) is 0 Å². The molecule has 6 nitrogen and oxygen atoms in total. The molecule has 0 radical (unpaired) electrons. The minimum Gasteiger partial charge on any atom is -0.354 e. The Hall–Kier alpha value is -2.28. The molecule has 1 fully saturated rings. The third kappa shape index (κ3) is 3.24. The summed E-state index contributed by atoms with van der Waals surface area (Å²) < 4.78 is 0. The van der Waals surface area contributed by atoms with Crippen LogP contribution in [0.15, 0.2) is 29.3 Å². The maximum absolute atomic E-state index is 12.2. The summed E-state index contributed by atoms with van der Waals surface area (Å²) in [4.78, 5) is 28.0. The normalized spacial score (nSPS) is 17.1. The van der Waals surface area contributed by atoms with Crippen molar-refractivity contribution in [3.63, 3.8) is 0 Å². The molecule has 1 aliphatic rings. The Morgan fingerprint density at radius 3 is 2.87 bits per heavy atom. The molecule has 0 spiro atoms. The number of hydrogen-bond donors (Lipinski definition) is 3. The predicted molar refractivity (Wildman–Crippen MR) is 91.8 cm³/mol. The summed E-state index contributed by atoms with van der Waals surface area (Å²) in [7, 11) is 0. The lowest BCUT2D eigenvalue weighted by Crippen LogP contribution is -2.39. The number of amides is 3. The molecular formula is C16H18N4O2S. The monoisotopic (exact) mass is 330 g/mol. The van der Waals surface area contributed by atoms with E-state index in [0.29, 0.717) is 18.7 Å². The minimum atomic E-state index is -0.318. The van der Waals surface area contributed by atoms with Gasteiger partial charge in [-0.2, -0.15) is 0 Å². The number of fused-ring (bicyclic) bond motifs is 1. The van der Waals surface area contributed by atoms with Gasteiger partial charge in [-0.3, -0.25) is 4.79 Å². The van der Waals surface area contributed by atoms with Crippen LogP contribution in [0.25, 0.3) is 10.9 Å². The van der Waals surface area contributed by atoms with Crippen molar-refractivity contribution in [1.29, 1.82) is 0 Å². The van der Waals surface area contributed by atoms with Crippen LogP contribution in [0.1, 0.15) is 12.0 Å². The number of hydrogen-bond acceptors (Lipinski definition) is 4. The molecule has 3 rings (SSSR count). The highest BCUT2D eigenvalue weighted by Crippen LogP contribution is 2.32. The van der Waals surface area contributed by atoms with Crippen LogP contribution in [0.4, 0.5) is 10.5 Å². The van der Waals surface area contributed by atoms with Gasteiger partial charge in [-0.25, -0.2) is 9.78 Å². The van der Waals surface area contributed by atoms with Gasteiger partial charge in [-0.15, -0.1) is 11.8 Å². The van der Waals surface area contributed by atoms with Crippen LogP contribution in [-0.4, -0.2) is 35.8 Å². The summed E-state index contributed by atoms with van der Waals surface area (Å²) in [6, 6.07) is 7.36. The van der Waals surface area contributed by atoms with Crippen molar-refractivity contribution in [3.8, 4) is 0 Å². The molecule has 0 saturated carbocycles. The lowest BCUT2D eigenvalue weighted by molar-refractivity contribution is -0.119. The number of anilines is 1. The Morgan fingerprint density at radius 1 is 1.39 bits per heavy atom. The molecule has 1 unspecified atom stereocenters. The standard InChI is InChI=1S/C16H18N4O2S/c1-9-11-5-3-4-6-12(11)19-15(23-2)14(9)20-16(22)18-10-7-13(21)17-8-10/h3-6,10H,7-8H2,1-2H3,(H,17,21)(H2,18,20,22). The first-order valence-corrected chi connectivity index (χ1v) is 8.58. The van der Waals surface area contributed by atoms with Gasteiger partial charge in [0, 0.05) is 18.4 Å². The Labute approximate surface area is 138 Å². The van der Waals surface area contributed by atoms with Gasteiger partial charge in [0.25, 0.3) is 0 Å². The number of nitrogens with one attached hydrogen (secondary N) is 3. The highest BCUT2D eigenvalue weighted by Gasteiger charge is 2.23. The van der Waals surface area contributed by atoms with Gasteiger partial charge in [0.05, 0.1) is 17.2 Å². The average molecular weight is 330 g/mol. The molecule has 0 aliphatic carbocycles. The van der Waals surface area contributed by atoms with Gasteiger partial charge in [0.2, 0.25) is 5.91 Å². The zero-order chi connectivity index (χ0) is 16.4. The smallest absolute Gasteiger partial charge is 0.319 e. The molecule has 1 aromatic heterocycles. The van der Waals surface area contributed by atoms with E-state index < -0.39 is 0 Å². The Morgan fingerprint density at radius 2 is 2.17 bits per heavy atom. The van der Waals surface area contributed by atoms with Crippen molar-refractivity contribution >= 4 is 40.3 Å². The number of para-hydroxylation sites is 1. The van der Waals surface area contributed by atoms with Crippen LogP contribution < -0.4 is 16.0 Å². The molecule has 3 amide bonds. The fraction of sp³-hybridized carbons (Fsp3) is 0.312. The number of thioether (sulfide) groups is 1. The molecule has 2 heterocycles. The highest BCUT2D eigenvalue weighted by molar-refractivity contribution is 7.98. The molecule has 1 aliphatic heterocycles. The molecule has 7 heteroatoms. The second-order valence-corrected chi connectivity index (χ2v) is 6.24. The SMILES string of the molecule is CSc1nc2ccccc2c(C)c1NC(=O)NC1CNC(=O)C1. The summed E-state index contributed by atoms with van der Waals surface area (Å²) in [5.74, 6) is -0.0383. The molecular weight excluding hydrogens is 312 g/mol. The fourth-order valence-electron chi connectivity index (χ4n) is 2.69. The van der Waals surface area contributed by atoms with Crippen LogP contribution in [0.3, 0.4) is 0 Å². The molecule has 1 aromatic carbocycles. The molecule has 23 heavy (non-hydrogen) atoms.